The van der Waals surface area contributed by atoms with Crippen LogP contribution in [0.2, 0.25) is 0 Å². The molecule has 0 aromatic carbocycles. The molecule has 2 fully saturated rings. The van der Waals surface area contributed by atoms with Crippen molar-refractivity contribution in [3.8, 4) is 0 Å². The molecule has 2 saturated carbocycles. The summed E-state index contributed by atoms with van der Waals surface area (Å²) in [5.41, 5.74) is 2.47. The number of carbonyl (C=O) groups is 3. The largest absolute Gasteiger partial charge is 0.381 e. The molecule has 0 unspecified atom stereocenters. The fraction of sp³-hybridized carbons (Fsp3) is 0.810. The Morgan fingerprint density at radius 1 is 1.07 bits per heavy atom. The minimum Gasteiger partial charge on any atom is -0.381 e. The Kier molecular flexibility index (Phi) is 10.1. The minimum atomic E-state index is -0.361. The Hall–Kier alpha value is -2.16. The van der Waals surface area contributed by atoms with E-state index < -0.39 is 0 Å². The molecule has 3 atom stereocenters. The van der Waals surface area contributed by atoms with E-state index in [2.05, 4.69) is 26.5 Å². The lowest BCUT2D eigenvalue weighted by atomic mass is 9.81. The van der Waals surface area contributed by atoms with E-state index in [0.29, 0.717) is 18.9 Å². The van der Waals surface area contributed by atoms with Crippen LogP contribution in [0.3, 0.4) is 0 Å². The van der Waals surface area contributed by atoms with Crippen molar-refractivity contribution < 1.29 is 19.1 Å². The Morgan fingerprint density at radius 3 is 2.37 bits per heavy atom. The molecule has 0 aliphatic heterocycles. The van der Waals surface area contributed by atoms with Gasteiger partial charge in [-0.3, -0.25) is 9.59 Å². The van der Waals surface area contributed by atoms with Gasteiger partial charge in [-0.1, -0.05) is 6.92 Å². The molecule has 4 N–H and O–H groups in total. The van der Waals surface area contributed by atoms with E-state index in [9.17, 15) is 14.4 Å². The van der Waals surface area contributed by atoms with Gasteiger partial charge in [-0.2, -0.15) is 5.10 Å². The molecule has 0 radical (unpaired) electrons. The van der Waals surface area contributed by atoms with Gasteiger partial charge >= 0.3 is 6.03 Å². The van der Waals surface area contributed by atoms with E-state index in [0.717, 1.165) is 44.9 Å². The molecule has 2 rings (SSSR count). The average Bonchev–Trinajstić information content (AvgIpc) is 3.26. The molecule has 0 bridgehead atoms. The van der Waals surface area contributed by atoms with Gasteiger partial charge in [-0.05, 0) is 57.3 Å². The third-order valence-corrected chi connectivity index (χ3v) is 6.29. The highest BCUT2D eigenvalue weighted by molar-refractivity contribution is 5.83. The molecule has 170 valence electrons. The quantitative estimate of drug-likeness (QED) is 0.332. The first-order valence-electron chi connectivity index (χ1n) is 11.1. The number of methoxy groups -OCH3 is 1. The summed E-state index contributed by atoms with van der Waals surface area (Å²) in [5.74, 6) is 0.579. The number of ether oxygens (including phenoxy) is 1. The summed E-state index contributed by atoms with van der Waals surface area (Å²) in [6, 6.07) is -0.584. The molecule has 0 heterocycles. The summed E-state index contributed by atoms with van der Waals surface area (Å²) in [6.45, 7) is 2.52. The number of urea groups is 1. The average molecular weight is 424 g/mol. The second-order valence-electron chi connectivity index (χ2n) is 8.32. The van der Waals surface area contributed by atoms with E-state index in [1.165, 1.54) is 0 Å². The van der Waals surface area contributed by atoms with Gasteiger partial charge in [0.2, 0.25) is 11.8 Å². The number of nitrogens with one attached hydrogen (secondary N) is 4. The molecule has 9 heteroatoms. The maximum atomic E-state index is 12.4. The van der Waals surface area contributed by atoms with Crippen molar-refractivity contribution in [2.24, 2.45) is 22.9 Å². The summed E-state index contributed by atoms with van der Waals surface area (Å²) in [5, 5.41) is 12.5. The number of hydrogen-bond acceptors (Lipinski definition) is 5. The zero-order chi connectivity index (χ0) is 21.9. The molecule has 4 amide bonds. The molecule has 0 spiro atoms. The summed E-state index contributed by atoms with van der Waals surface area (Å²) < 4.78 is 5.32. The zero-order valence-corrected chi connectivity index (χ0v) is 18.4. The lowest BCUT2D eigenvalue weighted by Crippen LogP contribution is -2.41. The second-order valence-corrected chi connectivity index (χ2v) is 8.32. The molecule has 30 heavy (non-hydrogen) atoms. The third-order valence-electron chi connectivity index (χ3n) is 6.29. The normalized spacial score (nSPS) is 27.4. The summed E-state index contributed by atoms with van der Waals surface area (Å²) in [4.78, 5) is 36.0. The predicted molar refractivity (Wildman–Crippen MR) is 115 cm³/mol. The predicted octanol–water partition coefficient (Wildman–Crippen LogP) is 1.53. The zero-order valence-electron chi connectivity index (χ0n) is 18.4. The fourth-order valence-electron chi connectivity index (χ4n) is 4.23. The van der Waals surface area contributed by atoms with E-state index in [1.54, 1.807) is 20.4 Å². The Morgan fingerprint density at radius 2 is 1.77 bits per heavy atom. The van der Waals surface area contributed by atoms with Crippen molar-refractivity contribution in [1.29, 1.82) is 0 Å². The second kappa shape index (κ2) is 12.5. The molecule has 0 saturated heterocycles. The molecule has 9 nitrogen and oxygen atoms in total. The van der Waals surface area contributed by atoms with E-state index in [-0.39, 0.29) is 41.8 Å². The molecule has 0 aromatic heterocycles. The van der Waals surface area contributed by atoms with Gasteiger partial charge in [-0.15, -0.1) is 0 Å². The number of amides is 4. The van der Waals surface area contributed by atoms with Crippen LogP contribution in [0.4, 0.5) is 4.79 Å². The molecule has 2 aliphatic rings. The number of carbonyl (C=O) groups excluding carboxylic acids is 3. The van der Waals surface area contributed by atoms with Crippen molar-refractivity contribution in [3.63, 3.8) is 0 Å². The van der Waals surface area contributed by atoms with Gasteiger partial charge in [-0.25, -0.2) is 10.2 Å². The monoisotopic (exact) mass is 423 g/mol. The van der Waals surface area contributed by atoms with Crippen LogP contribution >= 0.6 is 0 Å². The van der Waals surface area contributed by atoms with Crippen LogP contribution in [-0.4, -0.2) is 56.9 Å². The lowest BCUT2D eigenvalue weighted by Gasteiger charge is -2.27. The SMILES string of the molecule is CC[C@@H](/C=N/NC(=O)NC[C@H]1CC[C@H](C(=O)NC)CC1)NC(=O)[C@H]1CC[C@H](OC)C1. The smallest absolute Gasteiger partial charge is 0.335 e. The van der Waals surface area contributed by atoms with Crippen molar-refractivity contribution >= 4 is 24.1 Å². The first kappa shape index (κ1) is 24.1. The maximum Gasteiger partial charge on any atom is 0.335 e. The van der Waals surface area contributed by atoms with Gasteiger partial charge in [0.25, 0.3) is 0 Å². The maximum absolute atomic E-state index is 12.4. The van der Waals surface area contributed by atoms with Crippen LogP contribution in [-0.2, 0) is 14.3 Å². The Bertz CT molecular complexity index is 604. The van der Waals surface area contributed by atoms with Gasteiger partial charge in [0.15, 0.2) is 0 Å². The highest BCUT2D eigenvalue weighted by Crippen LogP contribution is 2.28. The van der Waals surface area contributed by atoms with Gasteiger partial charge < -0.3 is 20.7 Å². The molecular formula is C21H37N5O4. The van der Waals surface area contributed by atoms with Gasteiger partial charge in [0.05, 0.1) is 12.1 Å². The number of nitrogens with zero attached hydrogens (tertiary/aromatic N) is 1. The van der Waals surface area contributed by atoms with Gasteiger partial charge in [0, 0.05) is 38.8 Å². The molecular weight excluding hydrogens is 386 g/mol. The Balaban J connectivity index is 1.64. The number of hydrogen-bond donors (Lipinski definition) is 4. The first-order valence-corrected chi connectivity index (χ1v) is 11.1. The summed E-state index contributed by atoms with van der Waals surface area (Å²) in [7, 11) is 3.35. The van der Waals surface area contributed by atoms with Crippen LogP contribution in [0.15, 0.2) is 5.10 Å². The first-order chi connectivity index (χ1) is 14.5. The third kappa shape index (κ3) is 7.59. The van der Waals surface area contributed by atoms with Gasteiger partial charge in [0.1, 0.15) is 0 Å². The van der Waals surface area contributed by atoms with Crippen molar-refractivity contribution in [2.75, 3.05) is 20.7 Å². The standard InChI is InChI=1S/C21H37N5O4/c1-4-17(25-20(28)16-9-10-18(11-16)30-3)13-24-26-21(29)23-12-14-5-7-15(8-6-14)19(27)22-2/h13-18H,4-12H2,1-3H3,(H,22,27)(H,25,28)(H2,23,26,29)/b24-13+/t14-,15-,16-,17-,18-/m0/s1. The van der Waals surface area contributed by atoms with Crippen molar-refractivity contribution in [2.45, 2.75) is 70.4 Å². The van der Waals surface area contributed by atoms with Crippen LogP contribution in [0, 0.1) is 17.8 Å². The number of hydrazone groups is 1. The molecule has 0 aromatic rings. The summed E-state index contributed by atoms with van der Waals surface area (Å²) >= 11 is 0. The Labute approximate surface area is 179 Å². The van der Waals surface area contributed by atoms with Crippen LogP contribution in [0.5, 0.6) is 0 Å². The van der Waals surface area contributed by atoms with Crippen molar-refractivity contribution in [3.05, 3.63) is 0 Å². The molecule has 2 aliphatic carbocycles. The minimum absolute atomic E-state index is 0.0182. The van der Waals surface area contributed by atoms with E-state index in [1.807, 2.05) is 6.92 Å². The topological polar surface area (TPSA) is 121 Å². The highest BCUT2D eigenvalue weighted by Gasteiger charge is 2.30. The van der Waals surface area contributed by atoms with Crippen LogP contribution in [0.25, 0.3) is 0 Å². The van der Waals surface area contributed by atoms with E-state index in [4.69, 9.17) is 4.74 Å². The highest BCUT2D eigenvalue weighted by atomic mass is 16.5. The summed E-state index contributed by atoms with van der Waals surface area (Å²) in [6.07, 6.45) is 8.49. The number of rotatable bonds is 9. The van der Waals surface area contributed by atoms with E-state index >= 15 is 0 Å². The van der Waals surface area contributed by atoms with Crippen molar-refractivity contribution in [1.82, 2.24) is 21.4 Å². The lowest BCUT2D eigenvalue weighted by molar-refractivity contribution is -0.126. The fourth-order valence-corrected chi connectivity index (χ4v) is 4.23. The van der Waals surface area contributed by atoms with Crippen LogP contribution in [0.1, 0.15) is 58.3 Å². The van der Waals surface area contributed by atoms with Crippen LogP contribution < -0.4 is 21.4 Å².